The standard InChI is InChI=1S/C21H20N4O2/c1-4-24(15-10-6-5-7-11-15)21(27)17-13-16-19(23(17)3)22-18-14(2)9-8-12-25(18)20(16)26/h5-13H,4H2,1-3H3. The normalized spacial score (nSPS) is 11.2. The van der Waals surface area contributed by atoms with E-state index in [4.69, 9.17) is 0 Å². The summed E-state index contributed by atoms with van der Waals surface area (Å²) in [5, 5.41) is 0.438. The minimum absolute atomic E-state index is 0.158. The van der Waals surface area contributed by atoms with Crippen LogP contribution in [-0.4, -0.2) is 26.4 Å². The molecule has 0 radical (unpaired) electrons. The van der Waals surface area contributed by atoms with Crippen LogP contribution in [0.1, 0.15) is 23.0 Å². The van der Waals surface area contributed by atoms with Gasteiger partial charge in [0.05, 0.1) is 5.39 Å². The smallest absolute Gasteiger partial charge is 0.274 e. The molecule has 0 aliphatic heterocycles. The summed E-state index contributed by atoms with van der Waals surface area (Å²) in [6, 6.07) is 14.9. The van der Waals surface area contributed by atoms with Crippen LogP contribution in [0.5, 0.6) is 0 Å². The molecule has 6 nitrogen and oxygen atoms in total. The summed E-state index contributed by atoms with van der Waals surface area (Å²) in [5.41, 5.74) is 3.11. The molecule has 0 unspecified atom stereocenters. The molecule has 0 bridgehead atoms. The van der Waals surface area contributed by atoms with Crippen LogP contribution >= 0.6 is 0 Å². The van der Waals surface area contributed by atoms with Gasteiger partial charge in [-0.2, -0.15) is 0 Å². The number of amides is 1. The van der Waals surface area contributed by atoms with Crippen molar-refractivity contribution in [2.75, 3.05) is 11.4 Å². The second-order valence-corrected chi connectivity index (χ2v) is 6.51. The van der Waals surface area contributed by atoms with Crippen molar-refractivity contribution in [3.63, 3.8) is 0 Å². The Labute approximate surface area is 156 Å². The lowest BCUT2D eigenvalue weighted by molar-refractivity contribution is 0.0981. The van der Waals surface area contributed by atoms with E-state index in [1.54, 1.807) is 28.8 Å². The maximum Gasteiger partial charge on any atom is 0.274 e. The summed E-state index contributed by atoms with van der Waals surface area (Å²) in [5.74, 6) is -0.158. The average Bonchev–Trinajstić information content (AvgIpc) is 3.01. The molecule has 0 aliphatic carbocycles. The predicted octanol–water partition coefficient (Wildman–Crippen LogP) is 3.16. The van der Waals surface area contributed by atoms with E-state index in [0.717, 1.165) is 11.3 Å². The van der Waals surface area contributed by atoms with E-state index < -0.39 is 0 Å². The van der Waals surface area contributed by atoms with Crippen LogP contribution in [0.2, 0.25) is 0 Å². The van der Waals surface area contributed by atoms with Crippen molar-refractivity contribution in [2.24, 2.45) is 7.05 Å². The molecule has 1 aromatic carbocycles. The summed E-state index contributed by atoms with van der Waals surface area (Å²) in [4.78, 5) is 32.5. The number of para-hydroxylation sites is 1. The molecule has 1 amide bonds. The first kappa shape index (κ1) is 17.0. The molecular weight excluding hydrogens is 340 g/mol. The van der Waals surface area contributed by atoms with E-state index in [1.165, 1.54) is 4.40 Å². The number of benzene rings is 1. The summed E-state index contributed by atoms with van der Waals surface area (Å²) >= 11 is 0. The maximum atomic E-state index is 13.2. The number of carbonyl (C=O) groups is 1. The van der Waals surface area contributed by atoms with E-state index in [2.05, 4.69) is 4.98 Å². The van der Waals surface area contributed by atoms with Gasteiger partial charge in [-0.1, -0.05) is 24.3 Å². The van der Waals surface area contributed by atoms with Gasteiger partial charge >= 0.3 is 0 Å². The van der Waals surface area contributed by atoms with Crippen LogP contribution in [0.25, 0.3) is 16.7 Å². The molecule has 0 saturated carbocycles. The van der Waals surface area contributed by atoms with Crippen LogP contribution < -0.4 is 10.5 Å². The maximum absolute atomic E-state index is 13.2. The van der Waals surface area contributed by atoms with Crippen molar-refractivity contribution in [3.8, 4) is 0 Å². The van der Waals surface area contributed by atoms with Gasteiger partial charge in [0.15, 0.2) is 0 Å². The fourth-order valence-electron chi connectivity index (χ4n) is 3.42. The Morgan fingerprint density at radius 1 is 1.11 bits per heavy atom. The van der Waals surface area contributed by atoms with E-state index in [9.17, 15) is 9.59 Å². The van der Waals surface area contributed by atoms with E-state index in [-0.39, 0.29) is 11.5 Å². The summed E-state index contributed by atoms with van der Waals surface area (Å²) in [6.07, 6.45) is 1.70. The Morgan fingerprint density at radius 3 is 2.56 bits per heavy atom. The van der Waals surface area contributed by atoms with Gasteiger partial charge in [-0.3, -0.25) is 14.0 Å². The van der Waals surface area contributed by atoms with Gasteiger partial charge in [0.25, 0.3) is 11.5 Å². The van der Waals surface area contributed by atoms with Gasteiger partial charge in [-0.25, -0.2) is 4.98 Å². The predicted molar refractivity (Wildman–Crippen MR) is 106 cm³/mol. The first-order chi connectivity index (χ1) is 13.0. The number of anilines is 1. The lowest BCUT2D eigenvalue weighted by Crippen LogP contribution is -2.31. The minimum atomic E-state index is -0.170. The number of carbonyl (C=O) groups excluding carboxylic acids is 1. The van der Waals surface area contributed by atoms with Crippen LogP contribution in [-0.2, 0) is 7.05 Å². The number of pyridine rings is 1. The highest BCUT2D eigenvalue weighted by molar-refractivity contribution is 6.07. The van der Waals surface area contributed by atoms with Gasteiger partial charge in [-0.15, -0.1) is 0 Å². The molecule has 0 atom stereocenters. The van der Waals surface area contributed by atoms with Crippen molar-refractivity contribution >= 4 is 28.3 Å². The van der Waals surface area contributed by atoms with Crippen LogP contribution in [0.3, 0.4) is 0 Å². The van der Waals surface area contributed by atoms with Crippen LogP contribution in [0.15, 0.2) is 59.5 Å². The Kier molecular flexibility index (Phi) is 4.03. The minimum Gasteiger partial charge on any atom is -0.324 e. The third-order valence-electron chi connectivity index (χ3n) is 4.87. The van der Waals surface area contributed by atoms with E-state index in [1.807, 2.05) is 56.3 Å². The highest BCUT2D eigenvalue weighted by atomic mass is 16.2. The largest absolute Gasteiger partial charge is 0.324 e. The molecule has 27 heavy (non-hydrogen) atoms. The molecule has 0 saturated heterocycles. The van der Waals surface area contributed by atoms with Crippen molar-refractivity contribution in [1.29, 1.82) is 0 Å². The van der Waals surface area contributed by atoms with Crippen molar-refractivity contribution in [1.82, 2.24) is 14.0 Å². The Hall–Kier alpha value is -3.41. The van der Waals surface area contributed by atoms with Gasteiger partial charge in [-0.05, 0) is 43.7 Å². The topological polar surface area (TPSA) is 59.6 Å². The zero-order valence-electron chi connectivity index (χ0n) is 15.5. The molecule has 4 aromatic rings. The number of rotatable bonds is 3. The lowest BCUT2D eigenvalue weighted by atomic mass is 10.2. The monoisotopic (exact) mass is 360 g/mol. The number of aromatic nitrogens is 3. The number of hydrogen-bond donors (Lipinski definition) is 0. The second-order valence-electron chi connectivity index (χ2n) is 6.51. The Morgan fingerprint density at radius 2 is 1.85 bits per heavy atom. The number of hydrogen-bond acceptors (Lipinski definition) is 3. The van der Waals surface area contributed by atoms with E-state index in [0.29, 0.717) is 28.9 Å². The quantitative estimate of drug-likeness (QED) is 0.564. The summed E-state index contributed by atoms with van der Waals surface area (Å²) in [6.45, 7) is 4.37. The zero-order chi connectivity index (χ0) is 19.1. The van der Waals surface area contributed by atoms with Gasteiger partial charge in [0.1, 0.15) is 17.0 Å². The van der Waals surface area contributed by atoms with Crippen molar-refractivity contribution in [2.45, 2.75) is 13.8 Å². The van der Waals surface area contributed by atoms with Crippen molar-refractivity contribution < 1.29 is 4.79 Å². The SMILES string of the molecule is CCN(C(=O)c1cc2c(=O)n3cccc(C)c3nc2n1C)c1ccccc1. The second kappa shape index (κ2) is 6.39. The first-order valence-corrected chi connectivity index (χ1v) is 8.87. The molecule has 136 valence electrons. The summed E-state index contributed by atoms with van der Waals surface area (Å²) in [7, 11) is 1.77. The number of fused-ring (bicyclic) bond motifs is 2. The molecule has 0 N–H and O–H groups in total. The fraction of sp³-hybridized carbons (Fsp3) is 0.190. The third kappa shape index (κ3) is 2.61. The van der Waals surface area contributed by atoms with E-state index >= 15 is 0 Å². The Bertz CT molecular complexity index is 1220. The molecule has 0 aliphatic rings. The third-order valence-corrected chi connectivity index (χ3v) is 4.87. The lowest BCUT2D eigenvalue weighted by Gasteiger charge is -2.21. The van der Waals surface area contributed by atoms with Crippen molar-refractivity contribution in [3.05, 3.63) is 76.3 Å². The first-order valence-electron chi connectivity index (χ1n) is 8.87. The molecule has 3 aromatic heterocycles. The highest BCUT2D eigenvalue weighted by Crippen LogP contribution is 2.21. The number of nitrogens with zero attached hydrogens (tertiary/aromatic N) is 4. The summed E-state index contributed by atoms with van der Waals surface area (Å²) < 4.78 is 3.23. The van der Waals surface area contributed by atoms with Crippen LogP contribution in [0, 0.1) is 6.92 Å². The molecule has 3 heterocycles. The highest BCUT2D eigenvalue weighted by Gasteiger charge is 2.22. The molecule has 0 spiro atoms. The van der Waals surface area contributed by atoms with Gasteiger partial charge < -0.3 is 9.47 Å². The Balaban J connectivity index is 1.92. The molecular formula is C21H20N4O2. The number of aryl methyl sites for hydroxylation is 2. The van der Waals surface area contributed by atoms with Crippen LogP contribution in [0.4, 0.5) is 5.69 Å². The molecule has 0 fully saturated rings. The van der Waals surface area contributed by atoms with Gasteiger partial charge in [0.2, 0.25) is 0 Å². The zero-order valence-corrected chi connectivity index (χ0v) is 15.5. The average molecular weight is 360 g/mol. The fourth-order valence-corrected chi connectivity index (χ4v) is 3.42. The van der Waals surface area contributed by atoms with Gasteiger partial charge in [0, 0.05) is 25.5 Å². The molecule has 6 heteroatoms. The molecule has 4 rings (SSSR count).